The van der Waals surface area contributed by atoms with Gasteiger partial charge < -0.3 is 10.2 Å². The van der Waals surface area contributed by atoms with Gasteiger partial charge in [-0.1, -0.05) is 26.7 Å². The van der Waals surface area contributed by atoms with E-state index >= 15 is 0 Å². The number of hydrogen-bond acceptors (Lipinski definition) is 4. The van der Waals surface area contributed by atoms with Crippen LogP contribution in [0.5, 0.6) is 0 Å². The van der Waals surface area contributed by atoms with Crippen molar-refractivity contribution in [2.45, 2.75) is 57.9 Å². The maximum absolute atomic E-state index is 13.1. The van der Waals surface area contributed by atoms with Crippen LogP contribution < -0.4 is 5.32 Å². The summed E-state index contributed by atoms with van der Waals surface area (Å²) < 4.78 is 3.44. The average Bonchev–Trinajstić information content (AvgIpc) is 3.31. The van der Waals surface area contributed by atoms with Gasteiger partial charge in [-0.15, -0.1) is 0 Å². The van der Waals surface area contributed by atoms with Crippen LogP contribution in [0.3, 0.4) is 0 Å². The molecule has 1 aliphatic carbocycles. The molecule has 2 fully saturated rings. The molecule has 4 rings (SSSR count). The number of hydrogen-bond donors (Lipinski definition) is 1. The summed E-state index contributed by atoms with van der Waals surface area (Å²) in [6.07, 6.45) is 7.02. The van der Waals surface area contributed by atoms with E-state index in [9.17, 15) is 9.59 Å². The molecule has 2 amide bonds. The van der Waals surface area contributed by atoms with Gasteiger partial charge >= 0.3 is 0 Å². The molecule has 1 saturated carbocycles. The van der Waals surface area contributed by atoms with Crippen molar-refractivity contribution in [1.29, 1.82) is 0 Å². The van der Waals surface area contributed by atoms with Crippen molar-refractivity contribution in [3.63, 3.8) is 0 Å². The Kier molecular flexibility index (Phi) is 4.95. The lowest BCUT2D eigenvalue weighted by Crippen LogP contribution is -2.42. The van der Waals surface area contributed by atoms with E-state index in [0.717, 1.165) is 38.0 Å². The maximum Gasteiger partial charge on any atom is 0.275 e. The zero-order valence-corrected chi connectivity index (χ0v) is 16.8. The van der Waals surface area contributed by atoms with Gasteiger partial charge in [0.25, 0.3) is 11.8 Å². The number of aryl methyl sites for hydroxylation is 1. The lowest BCUT2D eigenvalue weighted by atomic mass is 10.1. The fraction of sp³-hybridized carbons (Fsp3) is 0.600. The number of rotatable bonds is 5. The summed E-state index contributed by atoms with van der Waals surface area (Å²) in [5.74, 6) is 0.526. The predicted octanol–water partition coefficient (Wildman–Crippen LogP) is 2.95. The predicted molar refractivity (Wildman–Crippen MR) is 106 cm³/mol. The van der Waals surface area contributed by atoms with Gasteiger partial charge in [0.1, 0.15) is 11.5 Å². The normalized spacial score (nSPS) is 17.2. The second-order valence-corrected chi connectivity index (χ2v) is 8.12. The fourth-order valence-corrected chi connectivity index (χ4v) is 3.94. The van der Waals surface area contributed by atoms with Gasteiger partial charge in [-0.25, -0.2) is 4.68 Å². The lowest BCUT2D eigenvalue weighted by molar-refractivity contribution is 0.0648. The molecule has 1 aliphatic heterocycles. The van der Waals surface area contributed by atoms with Crippen molar-refractivity contribution >= 4 is 17.6 Å². The second-order valence-electron chi connectivity index (χ2n) is 8.12. The zero-order chi connectivity index (χ0) is 19.8. The number of aromatic nitrogens is 4. The smallest absolute Gasteiger partial charge is 0.275 e. The molecule has 2 aromatic heterocycles. The molecule has 0 radical (unpaired) electrons. The minimum Gasteiger partial charge on any atom is -0.338 e. The van der Waals surface area contributed by atoms with E-state index in [1.165, 1.54) is 23.7 Å². The summed E-state index contributed by atoms with van der Waals surface area (Å²) in [7, 11) is 1.69. The zero-order valence-electron chi connectivity index (χ0n) is 16.8. The molecule has 8 heteroatoms. The van der Waals surface area contributed by atoms with Gasteiger partial charge in [0.2, 0.25) is 0 Å². The molecule has 0 unspecified atom stereocenters. The summed E-state index contributed by atoms with van der Waals surface area (Å²) in [5.41, 5.74) is 1.61. The molecule has 8 nitrogen and oxygen atoms in total. The molecule has 3 heterocycles. The maximum atomic E-state index is 13.1. The van der Waals surface area contributed by atoms with Gasteiger partial charge in [-0.2, -0.15) is 10.2 Å². The Morgan fingerprint density at radius 1 is 1.18 bits per heavy atom. The van der Waals surface area contributed by atoms with Crippen molar-refractivity contribution in [3.8, 4) is 0 Å². The molecule has 0 bridgehead atoms. The Morgan fingerprint density at radius 3 is 2.50 bits per heavy atom. The van der Waals surface area contributed by atoms with Crippen LogP contribution >= 0.6 is 0 Å². The molecular weight excluding hydrogens is 356 g/mol. The quantitative estimate of drug-likeness (QED) is 0.859. The molecular formula is C20H28N6O2. The average molecular weight is 384 g/mol. The number of anilines is 1. The molecule has 28 heavy (non-hydrogen) atoms. The third-order valence-electron chi connectivity index (χ3n) is 5.79. The van der Waals surface area contributed by atoms with E-state index in [-0.39, 0.29) is 17.7 Å². The molecule has 2 aliphatic rings. The fourth-order valence-electron chi connectivity index (χ4n) is 3.94. The van der Waals surface area contributed by atoms with E-state index in [1.54, 1.807) is 11.9 Å². The third-order valence-corrected chi connectivity index (χ3v) is 5.79. The van der Waals surface area contributed by atoms with Crippen LogP contribution in [0.1, 0.15) is 84.5 Å². The topological polar surface area (TPSA) is 85.0 Å². The minimum atomic E-state index is -0.321. The Morgan fingerprint density at radius 2 is 1.89 bits per heavy atom. The van der Waals surface area contributed by atoms with Crippen LogP contribution in [0.25, 0.3) is 0 Å². The number of nitrogens with one attached hydrogen (secondary N) is 1. The van der Waals surface area contributed by atoms with Crippen molar-refractivity contribution < 1.29 is 9.59 Å². The molecule has 1 N–H and O–H groups in total. The van der Waals surface area contributed by atoms with Crippen LogP contribution in [0.2, 0.25) is 0 Å². The molecule has 2 aromatic rings. The van der Waals surface area contributed by atoms with E-state index in [0.29, 0.717) is 23.1 Å². The Labute approximate surface area is 164 Å². The van der Waals surface area contributed by atoms with Crippen molar-refractivity contribution in [2.75, 3.05) is 18.4 Å². The highest BCUT2D eigenvalue weighted by molar-refractivity contribution is 6.10. The van der Waals surface area contributed by atoms with Crippen LogP contribution in [0.15, 0.2) is 12.3 Å². The molecule has 0 aromatic carbocycles. The first kappa shape index (κ1) is 18.7. The first-order chi connectivity index (χ1) is 13.5. The summed E-state index contributed by atoms with van der Waals surface area (Å²) in [4.78, 5) is 27.5. The van der Waals surface area contributed by atoms with Crippen LogP contribution in [0, 0.1) is 0 Å². The highest BCUT2D eigenvalue weighted by Gasteiger charge is 2.30. The number of nitrogens with zero attached hydrogens (tertiary/aromatic N) is 5. The van der Waals surface area contributed by atoms with E-state index in [4.69, 9.17) is 5.10 Å². The molecule has 0 atom stereocenters. The molecule has 0 spiro atoms. The SMILES string of the molecule is CC(C)c1cc(NC(=O)c2c(C(=O)N3CCC3)cnn2C)n(C2CCCC2)n1. The summed E-state index contributed by atoms with van der Waals surface area (Å²) in [6.45, 7) is 5.66. The van der Waals surface area contributed by atoms with E-state index < -0.39 is 0 Å². The lowest BCUT2D eigenvalue weighted by Gasteiger charge is -2.30. The standard InChI is InChI=1S/C20H28N6O2/c1-13(2)16-11-17(26(23-16)14-7-4-5-8-14)22-19(27)18-15(12-21-24(18)3)20(28)25-9-6-10-25/h11-14H,4-10H2,1-3H3,(H,22,27). The highest BCUT2D eigenvalue weighted by atomic mass is 16.2. The number of carbonyl (C=O) groups is 2. The number of likely N-dealkylation sites (tertiary alicyclic amines) is 1. The van der Waals surface area contributed by atoms with Gasteiger partial charge in [0.15, 0.2) is 0 Å². The van der Waals surface area contributed by atoms with Gasteiger partial charge in [0.05, 0.1) is 23.5 Å². The van der Waals surface area contributed by atoms with Crippen molar-refractivity contribution in [1.82, 2.24) is 24.5 Å². The molecule has 150 valence electrons. The second kappa shape index (κ2) is 7.41. The summed E-state index contributed by atoms with van der Waals surface area (Å²) >= 11 is 0. The van der Waals surface area contributed by atoms with Crippen LogP contribution in [-0.2, 0) is 7.05 Å². The Hall–Kier alpha value is -2.64. The number of carbonyl (C=O) groups excluding carboxylic acids is 2. The van der Waals surface area contributed by atoms with E-state index in [2.05, 4.69) is 24.3 Å². The van der Waals surface area contributed by atoms with Gasteiger partial charge in [-0.3, -0.25) is 14.3 Å². The first-order valence-corrected chi connectivity index (χ1v) is 10.2. The van der Waals surface area contributed by atoms with Crippen molar-refractivity contribution in [3.05, 3.63) is 29.2 Å². The minimum absolute atomic E-state index is 0.128. The van der Waals surface area contributed by atoms with E-state index in [1.807, 2.05) is 10.7 Å². The Balaban J connectivity index is 1.62. The van der Waals surface area contributed by atoms with Gasteiger partial charge in [0, 0.05) is 26.2 Å². The number of amides is 2. The largest absolute Gasteiger partial charge is 0.338 e. The van der Waals surface area contributed by atoms with Gasteiger partial charge in [-0.05, 0) is 25.2 Å². The van der Waals surface area contributed by atoms with Crippen LogP contribution in [-0.4, -0.2) is 49.4 Å². The Bertz CT molecular complexity index is 887. The third kappa shape index (κ3) is 3.31. The van der Waals surface area contributed by atoms with Crippen molar-refractivity contribution in [2.24, 2.45) is 7.05 Å². The van der Waals surface area contributed by atoms with Crippen LogP contribution in [0.4, 0.5) is 5.82 Å². The monoisotopic (exact) mass is 384 g/mol. The first-order valence-electron chi connectivity index (χ1n) is 10.2. The highest BCUT2D eigenvalue weighted by Crippen LogP contribution is 2.33. The molecule has 1 saturated heterocycles. The summed E-state index contributed by atoms with van der Waals surface area (Å²) in [6, 6.07) is 2.27. The summed E-state index contributed by atoms with van der Waals surface area (Å²) in [5, 5.41) is 11.9.